The number of imidazole rings is 1. The van der Waals surface area contributed by atoms with Crippen LogP contribution in [0.5, 0.6) is 0 Å². The molecule has 0 radical (unpaired) electrons. The van der Waals surface area contributed by atoms with Gasteiger partial charge in [0.05, 0.1) is 28.7 Å². The third-order valence-corrected chi connectivity index (χ3v) is 7.61. The number of anilines is 2. The second kappa shape index (κ2) is 11.3. The van der Waals surface area contributed by atoms with Gasteiger partial charge in [-0.2, -0.15) is 5.10 Å². The molecule has 198 valence electrons. The highest BCUT2D eigenvalue weighted by molar-refractivity contribution is 7.17. The van der Waals surface area contributed by atoms with Crippen LogP contribution in [0.2, 0.25) is 0 Å². The fraction of sp³-hybridized carbons (Fsp3) is 0.100. The molecule has 0 aliphatic rings. The number of aryl methyl sites for hydroxylation is 2. The molecule has 0 fully saturated rings. The van der Waals surface area contributed by atoms with E-state index in [2.05, 4.69) is 25.8 Å². The molecule has 4 aromatic heterocycles. The quantitative estimate of drug-likeness (QED) is 0.190. The molecule has 0 unspecified atom stereocenters. The van der Waals surface area contributed by atoms with Crippen LogP contribution >= 0.6 is 11.3 Å². The number of hydrogen-bond donors (Lipinski definition) is 3. The number of aromatic nitrogens is 5. The highest BCUT2D eigenvalue weighted by Crippen LogP contribution is 2.29. The van der Waals surface area contributed by atoms with Gasteiger partial charge in [-0.3, -0.25) is 25.0 Å². The number of fused-ring (bicyclic) bond motifs is 1. The van der Waals surface area contributed by atoms with E-state index in [1.165, 1.54) is 11.3 Å². The molecule has 4 heterocycles. The molecule has 6 rings (SSSR count). The Morgan fingerprint density at radius 1 is 0.975 bits per heavy atom. The van der Waals surface area contributed by atoms with Crippen LogP contribution in [-0.2, 0) is 13.0 Å². The summed E-state index contributed by atoms with van der Waals surface area (Å²) in [6.07, 6.45) is 7.83. The second-order valence-corrected chi connectivity index (χ2v) is 10.2. The Labute approximate surface area is 233 Å². The summed E-state index contributed by atoms with van der Waals surface area (Å²) in [7, 11) is 0. The van der Waals surface area contributed by atoms with E-state index in [0.717, 1.165) is 33.6 Å². The average Bonchev–Trinajstić information content (AvgIpc) is 3.76. The van der Waals surface area contributed by atoms with E-state index < -0.39 is 0 Å². The van der Waals surface area contributed by atoms with Crippen molar-refractivity contribution in [1.29, 1.82) is 0 Å². The molecular weight excluding hydrogens is 522 g/mol. The van der Waals surface area contributed by atoms with Crippen LogP contribution in [-0.4, -0.2) is 43.0 Å². The van der Waals surface area contributed by atoms with E-state index in [1.807, 2.05) is 65.4 Å². The lowest BCUT2D eigenvalue weighted by molar-refractivity contribution is 0.100. The lowest BCUT2D eigenvalue weighted by Crippen LogP contribution is -2.15. The molecule has 6 aromatic rings. The van der Waals surface area contributed by atoms with E-state index in [4.69, 9.17) is 4.98 Å². The molecular formula is C30H25N7O2S. The zero-order chi connectivity index (χ0) is 27.3. The molecule has 1 amide bonds. The number of rotatable bonds is 10. The Hall–Kier alpha value is -5.09. The number of Topliss-reactive ketones (excluding diaryl/α,β-unsaturated/α-hetero) is 1. The van der Waals surface area contributed by atoms with Crippen LogP contribution in [0.4, 0.5) is 11.6 Å². The lowest BCUT2D eigenvalue weighted by Gasteiger charge is -2.10. The first-order valence-corrected chi connectivity index (χ1v) is 13.6. The van der Waals surface area contributed by atoms with Crippen molar-refractivity contribution in [2.45, 2.75) is 13.0 Å². The van der Waals surface area contributed by atoms with Gasteiger partial charge in [0.25, 0.3) is 5.91 Å². The first-order valence-electron chi connectivity index (χ1n) is 12.8. The molecule has 0 spiro atoms. The summed E-state index contributed by atoms with van der Waals surface area (Å²) < 4.78 is 2.00. The van der Waals surface area contributed by atoms with Crippen molar-refractivity contribution in [2.24, 2.45) is 0 Å². The van der Waals surface area contributed by atoms with Crippen molar-refractivity contribution in [3.63, 3.8) is 0 Å². The average molecular weight is 548 g/mol. The Kier molecular flexibility index (Phi) is 7.14. The normalized spacial score (nSPS) is 11.0. The Balaban J connectivity index is 1.25. The van der Waals surface area contributed by atoms with Gasteiger partial charge in [0.15, 0.2) is 5.78 Å². The molecule has 0 aliphatic carbocycles. The number of nitrogens with zero attached hydrogens (tertiary/aromatic N) is 4. The number of H-pyrrole nitrogens is 1. The zero-order valence-corrected chi connectivity index (χ0v) is 22.2. The largest absolute Gasteiger partial charge is 0.378 e. The number of hydrogen-bond acceptors (Lipinski definition) is 7. The lowest BCUT2D eigenvalue weighted by atomic mass is 10.1. The monoisotopic (exact) mass is 547 g/mol. The van der Waals surface area contributed by atoms with E-state index in [9.17, 15) is 9.59 Å². The van der Waals surface area contributed by atoms with Crippen LogP contribution in [0.25, 0.3) is 21.5 Å². The molecule has 2 aromatic carbocycles. The van der Waals surface area contributed by atoms with Crippen molar-refractivity contribution < 1.29 is 9.59 Å². The van der Waals surface area contributed by atoms with Crippen LogP contribution in [0.1, 0.15) is 25.6 Å². The smallest absolute Gasteiger partial charge is 0.268 e. The highest BCUT2D eigenvalue weighted by atomic mass is 32.1. The number of carbonyl (C=O) groups excluding carboxylic acids is 2. The first-order chi connectivity index (χ1) is 19.6. The van der Waals surface area contributed by atoms with Crippen LogP contribution in [0.15, 0.2) is 97.6 Å². The van der Waals surface area contributed by atoms with E-state index in [1.54, 1.807) is 36.8 Å². The van der Waals surface area contributed by atoms with Crippen molar-refractivity contribution in [2.75, 3.05) is 17.2 Å². The van der Waals surface area contributed by atoms with Crippen molar-refractivity contribution in [1.82, 2.24) is 24.7 Å². The third kappa shape index (κ3) is 5.52. The van der Waals surface area contributed by atoms with Crippen molar-refractivity contribution in [3.05, 3.63) is 114 Å². The molecule has 0 aliphatic heterocycles. The summed E-state index contributed by atoms with van der Waals surface area (Å²) in [6, 6.07) is 22.6. The first kappa shape index (κ1) is 25.2. The number of carbonyl (C=O) groups is 2. The minimum atomic E-state index is -0.232. The number of benzene rings is 2. The molecule has 0 bridgehead atoms. The summed E-state index contributed by atoms with van der Waals surface area (Å²) in [5.41, 5.74) is 5.04. The number of thiophene rings is 1. The van der Waals surface area contributed by atoms with E-state index >= 15 is 0 Å². The number of amides is 1. The summed E-state index contributed by atoms with van der Waals surface area (Å²) in [5, 5.41) is 13.0. The Morgan fingerprint density at radius 2 is 1.88 bits per heavy atom. The molecule has 0 saturated carbocycles. The molecule has 0 atom stereocenters. The summed E-state index contributed by atoms with van der Waals surface area (Å²) >= 11 is 1.39. The number of aromatic amines is 1. The van der Waals surface area contributed by atoms with Gasteiger partial charge >= 0.3 is 0 Å². The molecule has 3 N–H and O–H groups in total. The standard InChI is InChI=1S/C30H25N7O2S/c38-26(21-6-2-1-3-7-21)19-32-23-8-9-25-24(15-23)35-30(37(25)14-12-20-5-4-13-31-16-20)36-29(39)28-11-10-27(40-28)22-17-33-34-18-22/h1-11,13,15-18,32H,12,14,19H2,(H,33,34)(H,35,36,39). The Morgan fingerprint density at radius 3 is 2.67 bits per heavy atom. The number of nitrogens with one attached hydrogen (secondary N) is 3. The van der Waals surface area contributed by atoms with Crippen LogP contribution in [0.3, 0.4) is 0 Å². The predicted octanol–water partition coefficient (Wildman–Crippen LogP) is 5.67. The summed E-state index contributed by atoms with van der Waals surface area (Å²) in [4.78, 5) is 36.3. The van der Waals surface area contributed by atoms with Gasteiger partial charge in [0, 0.05) is 46.8 Å². The number of ketones is 1. The van der Waals surface area contributed by atoms with Crippen LogP contribution in [0, 0.1) is 0 Å². The predicted molar refractivity (Wildman–Crippen MR) is 157 cm³/mol. The molecule has 10 heteroatoms. The number of pyridine rings is 1. The topological polar surface area (TPSA) is 118 Å². The summed E-state index contributed by atoms with van der Waals surface area (Å²) in [5.74, 6) is 0.227. The van der Waals surface area contributed by atoms with Gasteiger partial charge in [0.2, 0.25) is 5.95 Å². The molecule has 9 nitrogen and oxygen atoms in total. The van der Waals surface area contributed by atoms with Crippen LogP contribution < -0.4 is 10.6 Å². The fourth-order valence-corrected chi connectivity index (χ4v) is 5.30. The van der Waals surface area contributed by atoms with Gasteiger partial charge in [-0.05, 0) is 48.4 Å². The van der Waals surface area contributed by atoms with E-state index in [-0.39, 0.29) is 18.2 Å². The van der Waals surface area contributed by atoms with Crippen molar-refractivity contribution >= 4 is 45.7 Å². The second-order valence-electron chi connectivity index (χ2n) is 9.15. The molecule has 40 heavy (non-hydrogen) atoms. The van der Waals surface area contributed by atoms with Gasteiger partial charge in [-0.1, -0.05) is 36.4 Å². The fourth-order valence-electron chi connectivity index (χ4n) is 4.42. The maximum Gasteiger partial charge on any atom is 0.268 e. The summed E-state index contributed by atoms with van der Waals surface area (Å²) in [6.45, 7) is 0.764. The SMILES string of the molecule is O=C(CNc1ccc2c(c1)nc(NC(=O)c1ccc(-c3cn[nH]c3)s1)n2CCc1cccnc1)c1ccccc1. The maximum atomic E-state index is 13.2. The molecule has 0 saturated heterocycles. The van der Waals surface area contributed by atoms with Gasteiger partial charge < -0.3 is 9.88 Å². The zero-order valence-electron chi connectivity index (χ0n) is 21.4. The van der Waals surface area contributed by atoms with Gasteiger partial charge in [0.1, 0.15) is 0 Å². The minimum absolute atomic E-state index is 0.00128. The van der Waals surface area contributed by atoms with E-state index in [0.29, 0.717) is 28.5 Å². The van der Waals surface area contributed by atoms with Gasteiger partial charge in [-0.25, -0.2) is 4.98 Å². The van der Waals surface area contributed by atoms with Crippen molar-refractivity contribution in [3.8, 4) is 10.4 Å². The maximum absolute atomic E-state index is 13.2. The Bertz CT molecular complexity index is 1760. The third-order valence-electron chi connectivity index (χ3n) is 6.48. The highest BCUT2D eigenvalue weighted by Gasteiger charge is 2.17. The van der Waals surface area contributed by atoms with Gasteiger partial charge in [-0.15, -0.1) is 11.3 Å². The minimum Gasteiger partial charge on any atom is -0.378 e.